The van der Waals surface area contributed by atoms with Crippen molar-refractivity contribution in [3.05, 3.63) is 35.5 Å². The molecule has 1 aromatic heterocycles. The number of hydrogen-bond acceptors (Lipinski definition) is 6. The first-order chi connectivity index (χ1) is 11.8. The highest BCUT2D eigenvalue weighted by molar-refractivity contribution is 5.94. The lowest BCUT2D eigenvalue weighted by atomic mass is 10.1. The molecule has 11 heteroatoms. The number of carbonyl (C=O) groups is 1. The average molecular weight is 362 g/mol. The van der Waals surface area contributed by atoms with Crippen LogP contribution in [-0.4, -0.2) is 36.2 Å². The predicted octanol–water partition coefficient (Wildman–Crippen LogP) is 2.17. The standard InChI is InChI=1S/C14H14F4N4O3/c1-24-20-6-2-5-19-12(23)8-3-4-9(10(15)7-8)11-21-13(25-22-11)14(16,17)18/h3-4,7,20H,2,5-6H2,1H3,(H,19,23). The summed E-state index contributed by atoms with van der Waals surface area (Å²) in [6.45, 7) is 0.849. The first-order valence-corrected chi connectivity index (χ1v) is 7.08. The Bertz CT molecular complexity index is 733. The number of nitrogens with zero attached hydrogens (tertiary/aromatic N) is 2. The molecule has 2 N–H and O–H groups in total. The first-order valence-electron chi connectivity index (χ1n) is 7.08. The van der Waals surface area contributed by atoms with Crippen LogP contribution < -0.4 is 10.8 Å². The van der Waals surface area contributed by atoms with E-state index in [1.807, 2.05) is 0 Å². The molecule has 0 unspecified atom stereocenters. The van der Waals surface area contributed by atoms with Crippen molar-refractivity contribution in [3.63, 3.8) is 0 Å². The summed E-state index contributed by atoms with van der Waals surface area (Å²) in [6, 6.07) is 3.26. The first kappa shape index (κ1) is 18.8. The molecule has 136 valence electrons. The van der Waals surface area contributed by atoms with Gasteiger partial charge in [-0.15, -0.1) is 0 Å². The van der Waals surface area contributed by atoms with Gasteiger partial charge in [0.25, 0.3) is 5.91 Å². The molecular formula is C14H14F4N4O3. The number of nitrogens with one attached hydrogen (secondary N) is 2. The highest BCUT2D eigenvalue weighted by atomic mass is 19.4. The number of alkyl halides is 3. The summed E-state index contributed by atoms with van der Waals surface area (Å²) in [4.78, 5) is 19.6. The number of aromatic nitrogens is 2. The summed E-state index contributed by atoms with van der Waals surface area (Å²) >= 11 is 0. The van der Waals surface area contributed by atoms with E-state index in [0.717, 1.165) is 12.1 Å². The van der Waals surface area contributed by atoms with Crippen LogP contribution in [0.5, 0.6) is 0 Å². The third-order valence-corrected chi connectivity index (χ3v) is 3.03. The zero-order valence-corrected chi connectivity index (χ0v) is 13.0. The summed E-state index contributed by atoms with van der Waals surface area (Å²) in [6.07, 6.45) is -4.23. The van der Waals surface area contributed by atoms with Crippen LogP contribution in [0.4, 0.5) is 17.6 Å². The van der Waals surface area contributed by atoms with E-state index in [2.05, 4.69) is 30.3 Å². The molecule has 1 amide bonds. The Morgan fingerprint density at radius 3 is 2.68 bits per heavy atom. The molecule has 0 atom stereocenters. The van der Waals surface area contributed by atoms with Gasteiger partial charge in [-0.2, -0.15) is 18.2 Å². The van der Waals surface area contributed by atoms with Crippen LogP contribution in [0.15, 0.2) is 22.7 Å². The minimum atomic E-state index is -4.82. The molecule has 0 bridgehead atoms. The van der Waals surface area contributed by atoms with Crippen LogP contribution in [0.25, 0.3) is 11.4 Å². The predicted molar refractivity (Wildman–Crippen MR) is 76.7 cm³/mol. The molecule has 0 aliphatic heterocycles. The number of carbonyl (C=O) groups excluding carboxylic acids is 1. The molecule has 1 aromatic carbocycles. The molecule has 0 fully saturated rings. The van der Waals surface area contributed by atoms with Gasteiger partial charge in [-0.1, -0.05) is 5.16 Å². The number of halogens is 4. The van der Waals surface area contributed by atoms with Gasteiger partial charge in [0, 0.05) is 18.7 Å². The minimum absolute atomic E-state index is 0.0143. The number of benzene rings is 1. The number of hydroxylamine groups is 1. The molecular weight excluding hydrogens is 348 g/mol. The van der Waals surface area contributed by atoms with Gasteiger partial charge in [0.1, 0.15) is 5.82 Å². The zero-order chi connectivity index (χ0) is 18.4. The van der Waals surface area contributed by atoms with Crippen molar-refractivity contribution >= 4 is 5.91 Å². The maximum Gasteiger partial charge on any atom is 0.471 e. The fraction of sp³-hybridized carbons (Fsp3) is 0.357. The molecule has 0 spiro atoms. The van der Waals surface area contributed by atoms with Gasteiger partial charge >= 0.3 is 12.1 Å². The van der Waals surface area contributed by atoms with E-state index in [-0.39, 0.29) is 11.1 Å². The van der Waals surface area contributed by atoms with Crippen molar-refractivity contribution in [1.29, 1.82) is 0 Å². The summed E-state index contributed by atoms with van der Waals surface area (Å²) in [5, 5.41) is 5.67. The number of amides is 1. The van der Waals surface area contributed by atoms with E-state index >= 15 is 0 Å². The SMILES string of the molecule is CONCCCNC(=O)c1ccc(-c2noc(C(F)(F)F)n2)c(F)c1. The average Bonchev–Trinajstić information content (AvgIpc) is 3.04. The topological polar surface area (TPSA) is 89.3 Å². The largest absolute Gasteiger partial charge is 0.471 e. The molecule has 7 nitrogen and oxygen atoms in total. The van der Waals surface area contributed by atoms with Crippen molar-refractivity contribution in [2.75, 3.05) is 20.2 Å². The van der Waals surface area contributed by atoms with E-state index in [0.29, 0.717) is 19.5 Å². The van der Waals surface area contributed by atoms with Crippen molar-refractivity contribution < 1.29 is 31.7 Å². The van der Waals surface area contributed by atoms with Crippen LogP contribution in [0.3, 0.4) is 0 Å². The smallest absolute Gasteiger partial charge is 0.352 e. The molecule has 0 saturated heterocycles. The van der Waals surface area contributed by atoms with Gasteiger partial charge in [-0.25, -0.2) is 9.87 Å². The van der Waals surface area contributed by atoms with E-state index in [1.54, 1.807) is 0 Å². The van der Waals surface area contributed by atoms with E-state index in [4.69, 9.17) is 0 Å². The molecule has 25 heavy (non-hydrogen) atoms. The lowest BCUT2D eigenvalue weighted by Crippen LogP contribution is -2.27. The molecule has 1 heterocycles. The molecule has 0 aliphatic rings. The van der Waals surface area contributed by atoms with Crippen LogP contribution in [0.1, 0.15) is 22.7 Å². The summed E-state index contributed by atoms with van der Waals surface area (Å²) in [5.74, 6) is -3.59. The Hall–Kier alpha value is -2.53. The van der Waals surface area contributed by atoms with Gasteiger partial charge in [0.15, 0.2) is 0 Å². The van der Waals surface area contributed by atoms with E-state index < -0.39 is 29.6 Å². The second kappa shape index (κ2) is 8.03. The molecule has 2 rings (SSSR count). The van der Waals surface area contributed by atoms with E-state index in [9.17, 15) is 22.4 Å². The van der Waals surface area contributed by atoms with Crippen LogP contribution in [0, 0.1) is 5.82 Å². The van der Waals surface area contributed by atoms with Gasteiger partial charge in [0.2, 0.25) is 5.82 Å². The number of rotatable bonds is 7. The molecule has 0 aliphatic carbocycles. The fourth-order valence-electron chi connectivity index (χ4n) is 1.85. The highest BCUT2D eigenvalue weighted by Gasteiger charge is 2.38. The van der Waals surface area contributed by atoms with Gasteiger partial charge in [-0.3, -0.25) is 4.79 Å². The molecule has 0 saturated carbocycles. The highest BCUT2D eigenvalue weighted by Crippen LogP contribution is 2.30. The fourth-order valence-corrected chi connectivity index (χ4v) is 1.85. The molecule has 0 radical (unpaired) electrons. The molecule has 2 aromatic rings. The summed E-state index contributed by atoms with van der Waals surface area (Å²) < 4.78 is 55.4. The summed E-state index contributed by atoms with van der Waals surface area (Å²) in [7, 11) is 1.46. The third kappa shape index (κ3) is 4.97. The van der Waals surface area contributed by atoms with Crippen LogP contribution in [-0.2, 0) is 11.0 Å². The van der Waals surface area contributed by atoms with Crippen molar-refractivity contribution in [2.24, 2.45) is 0 Å². The van der Waals surface area contributed by atoms with Gasteiger partial charge < -0.3 is 14.7 Å². The van der Waals surface area contributed by atoms with Gasteiger partial charge in [-0.05, 0) is 24.6 Å². The maximum atomic E-state index is 14.1. The van der Waals surface area contributed by atoms with Crippen LogP contribution >= 0.6 is 0 Å². The Kier molecular flexibility index (Phi) is 6.04. The monoisotopic (exact) mass is 362 g/mol. The third-order valence-electron chi connectivity index (χ3n) is 3.03. The van der Waals surface area contributed by atoms with Crippen molar-refractivity contribution in [1.82, 2.24) is 20.9 Å². The second-order valence-corrected chi connectivity index (χ2v) is 4.82. The Morgan fingerprint density at radius 1 is 1.32 bits per heavy atom. The normalized spacial score (nSPS) is 11.6. The van der Waals surface area contributed by atoms with Crippen LogP contribution in [0.2, 0.25) is 0 Å². The lowest BCUT2D eigenvalue weighted by Gasteiger charge is -2.06. The van der Waals surface area contributed by atoms with Crippen molar-refractivity contribution in [3.8, 4) is 11.4 Å². The number of hydrogen-bond donors (Lipinski definition) is 2. The zero-order valence-electron chi connectivity index (χ0n) is 13.0. The van der Waals surface area contributed by atoms with Gasteiger partial charge in [0.05, 0.1) is 12.7 Å². The van der Waals surface area contributed by atoms with E-state index in [1.165, 1.54) is 13.2 Å². The Morgan fingerprint density at radius 2 is 2.08 bits per heavy atom. The van der Waals surface area contributed by atoms with Crippen molar-refractivity contribution in [2.45, 2.75) is 12.6 Å². The summed E-state index contributed by atoms with van der Waals surface area (Å²) in [5.41, 5.74) is 2.30. The minimum Gasteiger partial charge on any atom is -0.352 e. The Labute approximate surface area is 139 Å². The quantitative estimate of drug-likeness (QED) is 0.446. The second-order valence-electron chi connectivity index (χ2n) is 4.82. The Balaban J connectivity index is 2.05. The lowest BCUT2D eigenvalue weighted by molar-refractivity contribution is -0.159. The maximum absolute atomic E-state index is 14.1.